The third-order valence-electron chi connectivity index (χ3n) is 7.37. The van der Waals surface area contributed by atoms with Gasteiger partial charge in [0.05, 0.1) is 18.4 Å². The Labute approximate surface area is 180 Å². The average Bonchev–Trinajstić information content (AvgIpc) is 3.44. The van der Waals surface area contributed by atoms with E-state index in [0.717, 1.165) is 38.4 Å². The Balaban J connectivity index is 1.24. The fourth-order valence-electron chi connectivity index (χ4n) is 5.85. The van der Waals surface area contributed by atoms with Crippen LogP contribution in [0, 0.1) is 23.7 Å². The van der Waals surface area contributed by atoms with Crippen molar-refractivity contribution >= 4 is 17.8 Å². The molecule has 7 nitrogen and oxygen atoms in total. The maximum Gasteiger partial charge on any atom is 0.233 e. The number of nitrogens with zero attached hydrogens (tertiary/aromatic N) is 3. The van der Waals surface area contributed by atoms with Crippen LogP contribution in [0.2, 0.25) is 0 Å². The van der Waals surface area contributed by atoms with E-state index in [4.69, 9.17) is 4.99 Å². The molecule has 2 N–H and O–H groups in total. The number of allylic oxidation sites excluding steroid dienone is 2. The lowest BCUT2D eigenvalue weighted by Crippen LogP contribution is -2.43. The minimum atomic E-state index is -0.0867. The summed E-state index contributed by atoms with van der Waals surface area (Å²) in [5, 5.41) is 6.70. The largest absolute Gasteiger partial charge is 0.357 e. The van der Waals surface area contributed by atoms with Crippen molar-refractivity contribution in [2.75, 3.05) is 39.3 Å². The quantitative estimate of drug-likeness (QED) is 0.207. The van der Waals surface area contributed by atoms with E-state index in [1.807, 2.05) is 0 Å². The van der Waals surface area contributed by atoms with Gasteiger partial charge in [0, 0.05) is 25.7 Å². The van der Waals surface area contributed by atoms with Crippen molar-refractivity contribution in [3.8, 4) is 0 Å². The number of imide groups is 1. The molecule has 0 spiro atoms. The van der Waals surface area contributed by atoms with E-state index in [1.165, 1.54) is 30.7 Å². The molecule has 7 heteroatoms. The number of hydrogen-bond donors (Lipinski definition) is 2. The maximum absolute atomic E-state index is 12.8. The van der Waals surface area contributed by atoms with E-state index >= 15 is 0 Å². The van der Waals surface area contributed by atoms with Gasteiger partial charge in [0.15, 0.2) is 5.96 Å². The molecule has 2 heterocycles. The summed E-state index contributed by atoms with van der Waals surface area (Å²) in [6.45, 7) is 9.38. The molecule has 0 aromatic rings. The van der Waals surface area contributed by atoms with Gasteiger partial charge in [-0.25, -0.2) is 0 Å². The molecule has 0 aromatic heterocycles. The molecule has 30 heavy (non-hydrogen) atoms. The van der Waals surface area contributed by atoms with Crippen LogP contribution >= 0.6 is 0 Å². The van der Waals surface area contributed by atoms with E-state index in [-0.39, 0.29) is 35.5 Å². The Morgan fingerprint density at radius 2 is 1.83 bits per heavy atom. The van der Waals surface area contributed by atoms with Crippen LogP contribution in [-0.4, -0.2) is 72.9 Å². The lowest BCUT2D eigenvalue weighted by Gasteiger charge is -2.34. The predicted octanol–water partition coefficient (Wildman–Crippen LogP) is 1.61. The molecule has 3 fully saturated rings. The number of carbonyl (C=O) groups excluding carboxylic acids is 2. The number of likely N-dealkylation sites (N-methyl/N-ethyl adjacent to an activating group) is 1. The van der Waals surface area contributed by atoms with Gasteiger partial charge in [0.1, 0.15) is 0 Å². The second kappa shape index (κ2) is 9.50. The summed E-state index contributed by atoms with van der Waals surface area (Å²) >= 11 is 0. The molecule has 5 atom stereocenters. The van der Waals surface area contributed by atoms with Gasteiger partial charge >= 0.3 is 0 Å². The fourth-order valence-corrected chi connectivity index (χ4v) is 5.85. The van der Waals surface area contributed by atoms with Crippen molar-refractivity contribution in [3.63, 3.8) is 0 Å². The molecule has 0 radical (unpaired) electrons. The number of piperidine rings is 1. The van der Waals surface area contributed by atoms with Crippen LogP contribution in [-0.2, 0) is 9.59 Å². The van der Waals surface area contributed by atoms with E-state index in [9.17, 15) is 9.59 Å². The van der Waals surface area contributed by atoms with Gasteiger partial charge < -0.3 is 10.6 Å². The van der Waals surface area contributed by atoms with Crippen LogP contribution in [0.4, 0.5) is 0 Å². The number of rotatable bonds is 8. The van der Waals surface area contributed by atoms with Gasteiger partial charge in [-0.3, -0.25) is 24.4 Å². The molecule has 2 saturated heterocycles. The summed E-state index contributed by atoms with van der Waals surface area (Å²) in [5.41, 5.74) is 0. The minimum absolute atomic E-state index is 0.0550. The van der Waals surface area contributed by atoms with Crippen LogP contribution in [0.5, 0.6) is 0 Å². The standard InChI is InChI=1S/C23H37N5O2/c1-3-24-23(26-15-18-8-5-6-12-27(18)4-2)25-11-7-13-28-21(29)19-16-9-10-17(14-16)20(19)22(28)30/h9-10,16-20H,3-8,11-15H2,1-2H3,(H2,24,25,26). The zero-order chi connectivity index (χ0) is 21.1. The number of guanidine groups is 1. The van der Waals surface area contributed by atoms with Gasteiger partial charge in [-0.2, -0.15) is 0 Å². The maximum atomic E-state index is 12.8. The second-order valence-electron chi connectivity index (χ2n) is 9.11. The Kier molecular flexibility index (Phi) is 6.76. The first kappa shape index (κ1) is 21.3. The molecular weight excluding hydrogens is 378 g/mol. The molecule has 5 unspecified atom stereocenters. The number of nitrogens with one attached hydrogen (secondary N) is 2. The average molecular weight is 416 g/mol. The van der Waals surface area contributed by atoms with Crippen LogP contribution in [0.3, 0.4) is 0 Å². The molecule has 4 rings (SSSR count). The minimum Gasteiger partial charge on any atom is -0.357 e. The molecule has 2 aliphatic carbocycles. The second-order valence-corrected chi connectivity index (χ2v) is 9.11. The van der Waals surface area contributed by atoms with Crippen LogP contribution < -0.4 is 10.6 Å². The summed E-state index contributed by atoms with van der Waals surface area (Å²) in [6, 6.07) is 0.530. The number of hydrogen-bond acceptors (Lipinski definition) is 4. The predicted molar refractivity (Wildman–Crippen MR) is 118 cm³/mol. The molecule has 4 aliphatic rings. The third kappa shape index (κ3) is 4.13. The molecule has 1 saturated carbocycles. The van der Waals surface area contributed by atoms with E-state index in [2.05, 4.69) is 41.5 Å². The summed E-state index contributed by atoms with van der Waals surface area (Å²) in [6.07, 6.45) is 9.82. The third-order valence-corrected chi connectivity index (χ3v) is 7.37. The topological polar surface area (TPSA) is 77.0 Å². The molecule has 2 amide bonds. The van der Waals surface area contributed by atoms with Crippen molar-refractivity contribution in [2.45, 2.75) is 52.0 Å². The molecular formula is C23H37N5O2. The zero-order valence-corrected chi connectivity index (χ0v) is 18.5. The molecule has 166 valence electrons. The van der Waals surface area contributed by atoms with Crippen LogP contribution in [0.15, 0.2) is 17.1 Å². The summed E-state index contributed by atoms with van der Waals surface area (Å²) < 4.78 is 0. The van der Waals surface area contributed by atoms with Crippen molar-refractivity contribution in [1.82, 2.24) is 20.4 Å². The number of carbonyl (C=O) groups is 2. The van der Waals surface area contributed by atoms with Gasteiger partial charge in [-0.1, -0.05) is 25.5 Å². The number of fused-ring (bicyclic) bond motifs is 5. The first-order valence-electron chi connectivity index (χ1n) is 11.9. The normalized spacial score (nSPS) is 33.5. The highest BCUT2D eigenvalue weighted by molar-refractivity contribution is 6.06. The van der Waals surface area contributed by atoms with Gasteiger partial charge in [-0.05, 0) is 57.5 Å². The number of likely N-dealkylation sites (tertiary alicyclic amines) is 2. The first-order valence-corrected chi connectivity index (χ1v) is 11.9. The van der Waals surface area contributed by atoms with Crippen LogP contribution in [0.1, 0.15) is 46.0 Å². The summed E-state index contributed by atoms with van der Waals surface area (Å²) in [5.74, 6) is 1.34. The van der Waals surface area contributed by atoms with Gasteiger partial charge in [0.2, 0.25) is 11.8 Å². The van der Waals surface area contributed by atoms with Crippen molar-refractivity contribution < 1.29 is 9.59 Å². The Bertz CT molecular complexity index is 676. The smallest absolute Gasteiger partial charge is 0.233 e. The molecule has 0 aromatic carbocycles. The first-order chi connectivity index (χ1) is 14.6. The van der Waals surface area contributed by atoms with Gasteiger partial charge in [-0.15, -0.1) is 0 Å². The zero-order valence-electron chi connectivity index (χ0n) is 18.5. The molecule has 2 bridgehead atoms. The number of aliphatic imine (C=N–C) groups is 1. The highest BCUT2D eigenvalue weighted by atomic mass is 16.2. The Morgan fingerprint density at radius 3 is 2.50 bits per heavy atom. The van der Waals surface area contributed by atoms with Crippen molar-refractivity contribution in [1.29, 1.82) is 0 Å². The van der Waals surface area contributed by atoms with E-state index in [1.54, 1.807) is 0 Å². The summed E-state index contributed by atoms with van der Waals surface area (Å²) in [7, 11) is 0. The van der Waals surface area contributed by atoms with Gasteiger partial charge in [0.25, 0.3) is 0 Å². The fraction of sp³-hybridized carbons (Fsp3) is 0.783. The van der Waals surface area contributed by atoms with E-state index < -0.39 is 0 Å². The molecule has 2 aliphatic heterocycles. The lowest BCUT2D eigenvalue weighted by molar-refractivity contribution is -0.140. The van der Waals surface area contributed by atoms with Crippen molar-refractivity contribution in [2.24, 2.45) is 28.7 Å². The van der Waals surface area contributed by atoms with Crippen molar-refractivity contribution in [3.05, 3.63) is 12.2 Å². The summed E-state index contributed by atoms with van der Waals surface area (Å²) in [4.78, 5) is 34.4. The lowest BCUT2D eigenvalue weighted by atomic mass is 9.85. The SMILES string of the molecule is CCNC(=NCC1CCCCN1CC)NCCCN1C(=O)C2C3C=CC(C3)C2C1=O. The Hall–Kier alpha value is -1.89. The monoisotopic (exact) mass is 415 g/mol. The van der Waals surface area contributed by atoms with E-state index in [0.29, 0.717) is 19.1 Å². The highest BCUT2D eigenvalue weighted by Gasteiger charge is 2.58. The highest BCUT2D eigenvalue weighted by Crippen LogP contribution is 2.52. The van der Waals surface area contributed by atoms with Crippen LogP contribution in [0.25, 0.3) is 0 Å². The Morgan fingerprint density at radius 1 is 1.10 bits per heavy atom. The number of amides is 2.